The molecule has 72 valence electrons. The smallest absolute Gasteiger partial charge is 0.109 e. The maximum atomic E-state index is 4.42. The summed E-state index contributed by atoms with van der Waals surface area (Å²) < 4.78 is 0. The minimum Gasteiger partial charge on any atom is -0.346 e. The zero-order valence-electron chi connectivity index (χ0n) is 8.51. The molecule has 13 heavy (non-hydrogen) atoms. The third-order valence-corrected chi connectivity index (χ3v) is 3.05. The summed E-state index contributed by atoms with van der Waals surface area (Å²) in [5, 5.41) is 0. The minimum atomic E-state index is 0.692. The van der Waals surface area contributed by atoms with Crippen molar-refractivity contribution in [1.82, 2.24) is 9.97 Å². The molecule has 1 aromatic rings. The molecule has 1 heterocycles. The maximum absolute atomic E-state index is 4.42. The van der Waals surface area contributed by atoms with Gasteiger partial charge in [-0.05, 0) is 25.7 Å². The van der Waals surface area contributed by atoms with Crippen molar-refractivity contribution in [3.05, 3.63) is 17.7 Å². The molecule has 2 atom stereocenters. The molecule has 0 aliphatic heterocycles. The average Bonchev–Trinajstić information content (AvgIpc) is 2.52. The Bertz CT molecular complexity index is 277. The number of aromatic nitrogens is 2. The number of hydrogen-bond acceptors (Lipinski definition) is 1. The third-order valence-electron chi connectivity index (χ3n) is 3.05. The van der Waals surface area contributed by atoms with Crippen LogP contribution >= 0.6 is 0 Å². The number of hydrogen-bond donors (Lipinski definition) is 1. The van der Waals surface area contributed by atoms with Crippen LogP contribution in [0.4, 0.5) is 0 Å². The van der Waals surface area contributed by atoms with Gasteiger partial charge < -0.3 is 4.98 Å². The van der Waals surface area contributed by atoms with E-state index >= 15 is 0 Å². The van der Waals surface area contributed by atoms with Crippen LogP contribution in [0.2, 0.25) is 0 Å². The number of imidazole rings is 1. The van der Waals surface area contributed by atoms with Crippen molar-refractivity contribution in [3.8, 4) is 0 Å². The van der Waals surface area contributed by atoms with E-state index in [0.717, 1.165) is 5.92 Å². The average molecular weight is 178 g/mol. The zero-order chi connectivity index (χ0) is 9.26. The molecule has 2 heteroatoms. The summed E-state index contributed by atoms with van der Waals surface area (Å²) in [6, 6.07) is 0. The first-order valence-corrected chi connectivity index (χ1v) is 5.27. The second-order valence-corrected chi connectivity index (χ2v) is 4.42. The third kappa shape index (κ3) is 1.93. The number of H-pyrrole nitrogens is 1. The zero-order valence-corrected chi connectivity index (χ0v) is 8.51. The fourth-order valence-electron chi connectivity index (χ4n) is 2.32. The Balaban J connectivity index is 2.08. The monoisotopic (exact) mass is 178 g/mol. The van der Waals surface area contributed by atoms with Crippen LogP contribution in [-0.2, 0) is 0 Å². The lowest BCUT2D eigenvalue weighted by Gasteiger charge is -2.24. The summed E-state index contributed by atoms with van der Waals surface area (Å²) in [4.78, 5) is 7.77. The van der Waals surface area contributed by atoms with E-state index in [0.29, 0.717) is 5.92 Å². The van der Waals surface area contributed by atoms with E-state index in [4.69, 9.17) is 0 Å². The van der Waals surface area contributed by atoms with Crippen molar-refractivity contribution in [2.45, 2.75) is 45.4 Å². The predicted octanol–water partition coefficient (Wildman–Crippen LogP) is 3.01. The summed E-state index contributed by atoms with van der Waals surface area (Å²) in [6.07, 6.45) is 7.33. The molecule has 1 aliphatic rings. The summed E-state index contributed by atoms with van der Waals surface area (Å²) in [5.41, 5.74) is 1.19. The topological polar surface area (TPSA) is 28.7 Å². The van der Waals surface area contributed by atoms with Crippen LogP contribution < -0.4 is 0 Å². The lowest BCUT2D eigenvalue weighted by atomic mass is 9.82. The molecule has 0 amide bonds. The first kappa shape index (κ1) is 8.79. The molecule has 1 fully saturated rings. The number of rotatable bonds is 1. The summed E-state index contributed by atoms with van der Waals surface area (Å²) in [6.45, 7) is 4.42. The molecule has 1 aliphatic carbocycles. The van der Waals surface area contributed by atoms with Crippen molar-refractivity contribution in [3.63, 3.8) is 0 Å². The molecule has 1 aromatic heterocycles. The molecular formula is C11H18N2. The normalized spacial score (nSPS) is 29.1. The fourth-order valence-corrected chi connectivity index (χ4v) is 2.32. The Kier molecular flexibility index (Phi) is 2.38. The number of nitrogens with zero attached hydrogens (tertiary/aromatic N) is 1. The molecule has 2 unspecified atom stereocenters. The molecule has 2 nitrogen and oxygen atoms in total. The molecule has 0 radical (unpaired) electrons. The molecule has 2 rings (SSSR count). The van der Waals surface area contributed by atoms with Crippen molar-refractivity contribution >= 4 is 0 Å². The molecule has 0 aromatic carbocycles. The summed E-state index contributed by atoms with van der Waals surface area (Å²) >= 11 is 0. The quantitative estimate of drug-likeness (QED) is 0.703. The van der Waals surface area contributed by atoms with Crippen molar-refractivity contribution in [1.29, 1.82) is 0 Å². The summed E-state index contributed by atoms with van der Waals surface area (Å²) in [5.74, 6) is 2.78. The fraction of sp³-hybridized carbons (Fsp3) is 0.727. The van der Waals surface area contributed by atoms with Gasteiger partial charge in [-0.2, -0.15) is 0 Å². The first-order valence-electron chi connectivity index (χ1n) is 5.27. The van der Waals surface area contributed by atoms with Crippen LogP contribution in [0.3, 0.4) is 0 Å². The van der Waals surface area contributed by atoms with Gasteiger partial charge in [0.1, 0.15) is 5.82 Å². The number of nitrogens with one attached hydrogen (secondary N) is 1. The molecule has 0 saturated heterocycles. The standard InChI is InChI=1S/C11H18N2/c1-8-4-3-5-10(6-8)11-12-7-9(2)13-11/h7-8,10H,3-6H2,1-2H3,(H,12,13). The number of aromatic amines is 1. The first-order chi connectivity index (χ1) is 6.25. The van der Waals surface area contributed by atoms with E-state index in [1.807, 2.05) is 6.20 Å². The van der Waals surface area contributed by atoms with E-state index in [-0.39, 0.29) is 0 Å². The van der Waals surface area contributed by atoms with Crippen LogP contribution in [0.25, 0.3) is 0 Å². The molecule has 1 saturated carbocycles. The highest BCUT2D eigenvalue weighted by Gasteiger charge is 2.21. The van der Waals surface area contributed by atoms with Gasteiger partial charge in [0.25, 0.3) is 0 Å². The van der Waals surface area contributed by atoms with Gasteiger partial charge in [-0.3, -0.25) is 0 Å². The molecule has 1 N–H and O–H groups in total. The van der Waals surface area contributed by atoms with Crippen molar-refractivity contribution in [2.75, 3.05) is 0 Å². The number of aryl methyl sites for hydroxylation is 1. The van der Waals surface area contributed by atoms with Gasteiger partial charge in [0.15, 0.2) is 0 Å². The highest BCUT2D eigenvalue weighted by Crippen LogP contribution is 2.34. The van der Waals surface area contributed by atoms with Gasteiger partial charge in [-0.1, -0.05) is 19.8 Å². The van der Waals surface area contributed by atoms with E-state index in [9.17, 15) is 0 Å². The van der Waals surface area contributed by atoms with Crippen LogP contribution in [0.1, 0.15) is 50.0 Å². The Morgan fingerprint density at radius 2 is 2.31 bits per heavy atom. The lowest BCUT2D eigenvalue weighted by molar-refractivity contribution is 0.336. The van der Waals surface area contributed by atoms with E-state index in [2.05, 4.69) is 23.8 Å². The highest BCUT2D eigenvalue weighted by molar-refractivity contribution is 5.04. The van der Waals surface area contributed by atoms with Gasteiger partial charge in [0, 0.05) is 17.8 Å². The van der Waals surface area contributed by atoms with E-state index in [1.54, 1.807) is 0 Å². The van der Waals surface area contributed by atoms with E-state index < -0.39 is 0 Å². The Labute approximate surface area is 79.8 Å². The van der Waals surface area contributed by atoms with E-state index in [1.165, 1.54) is 37.2 Å². The Morgan fingerprint density at radius 1 is 1.46 bits per heavy atom. The predicted molar refractivity (Wildman–Crippen MR) is 53.7 cm³/mol. The maximum Gasteiger partial charge on any atom is 0.109 e. The lowest BCUT2D eigenvalue weighted by Crippen LogP contribution is -2.12. The van der Waals surface area contributed by atoms with Crippen LogP contribution in [0.5, 0.6) is 0 Å². The van der Waals surface area contributed by atoms with Gasteiger partial charge in [0.2, 0.25) is 0 Å². The largest absolute Gasteiger partial charge is 0.346 e. The molecule has 0 bridgehead atoms. The van der Waals surface area contributed by atoms with Gasteiger partial charge in [-0.15, -0.1) is 0 Å². The summed E-state index contributed by atoms with van der Waals surface area (Å²) in [7, 11) is 0. The Hall–Kier alpha value is -0.790. The van der Waals surface area contributed by atoms with Crippen LogP contribution in [-0.4, -0.2) is 9.97 Å². The van der Waals surface area contributed by atoms with Gasteiger partial charge in [-0.25, -0.2) is 4.98 Å². The van der Waals surface area contributed by atoms with Crippen molar-refractivity contribution in [2.24, 2.45) is 5.92 Å². The van der Waals surface area contributed by atoms with Gasteiger partial charge in [0.05, 0.1) is 0 Å². The second-order valence-electron chi connectivity index (χ2n) is 4.42. The van der Waals surface area contributed by atoms with Crippen molar-refractivity contribution < 1.29 is 0 Å². The second kappa shape index (κ2) is 3.52. The SMILES string of the molecule is Cc1cnc(C2CCCC(C)C2)[nH]1. The van der Waals surface area contributed by atoms with Crippen LogP contribution in [0, 0.1) is 12.8 Å². The minimum absolute atomic E-state index is 0.692. The molecule has 0 spiro atoms. The highest BCUT2D eigenvalue weighted by atomic mass is 14.9. The Morgan fingerprint density at radius 3 is 2.92 bits per heavy atom. The van der Waals surface area contributed by atoms with Crippen LogP contribution in [0.15, 0.2) is 6.20 Å². The molecular weight excluding hydrogens is 160 g/mol. The van der Waals surface area contributed by atoms with Gasteiger partial charge >= 0.3 is 0 Å².